The van der Waals surface area contributed by atoms with Crippen LogP contribution in [0, 0.1) is 5.41 Å². The van der Waals surface area contributed by atoms with Gasteiger partial charge >= 0.3 is 0 Å². The van der Waals surface area contributed by atoms with Crippen molar-refractivity contribution in [2.45, 2.75) is 46.2 Å². The van der Waals surface area contributed by atoms with Crippen LogP contribution in [-0.4, -0.2) is 17.5 Å². The molecular formula is C11H22N2O. The topological polar surface area (TPSA) is 55.1 Å². The molecule has 0 fully saturated rings. The summed E-state index contributed by atoms with van der Waals surface area (Å²) in [5, 5.41) is 2.84. The summed E-state index contributed by atoms with van der Waals surface area (Å²) >= 11 is 0. The van der Waals surface area contributed by atoms with Gasteiger partial charge in [0, 0.05) is 11.6 Å². The minimum atomic E-state index is -0.593. The van der Waals surface area contributed by atoms with E-state index in [1.165, 1.54) is 0 Å². The molecule has 0 aromatic carbocycles. The van der Waals surface area contributed by atoms with Crippen LogP contribution in [-0.2, 0) is 4.79 Å². The second kappa shape index (κ2) is 4.13. The quantitative estimate of drug-likeness (QED) is 0.672. The molecule has 1 amide bonds. The Kier molecular flexibility index (Phi) is 3.89. The number of amides is 1. The number of nitrogens with one attached hydrogen (secondary N) is 1. The molecule has 0 rings (SSSR count). The number of carbonyl (C=O) groups excluding carboxylic acids is 1. The molecule has 0 spiro atoms. The number of hydrogen-bond acceptors (Lipinski definition) is 2. The molecule has 3 nitrogen and oxygen atoms in total. The van der Waals surface area contributed by atoms with E-state index in [9.17, 15) is 4.79 Å². The van der Waals surface area contributed by atoms with Crippen LogP contribution in [0.1, 0.15) is 34.6 Å². The van der Waals surface area contributed by atoms with Crippen molar-refractivity contribution >= 4 is 5.91 Å². The lowest BCUT2D eigenvalue weighted by molar-refractivity contribution is -0.132. The molecule has 0 aliphatic rings. The van der Waals surface area contributed by atoms with Crippen molar-refractivity contribution in [2.75, 3.05) is 0 Å². The van der Waals surface area contributed by atoms with Gasteiger partial charge in [0.15, 0.2) is 0 Å². The van der Waals surface area contributed by atoms with Gasteiger partial charge in [-0.25, -0.2) is 0 Å². The van der Waals surface area contributed by atoms with Crippen LogP contribution in [0.5, 0.6) is 0 Å². The highest BCUT2D eigenvalue weighted by Gasteiger charge is 2.40. The molecule has 0 heterocycles. The Morgan fingerprint density at radius 2 is 1.86 bits per heavy atom. The van der Waals surface area contributed by atoms with Crippen LogP contribution < -0.4 is 11.1 Å². The smallest absolute Gasteiger partial charge is 0.227 e. The fraction of sp³-hybridized carbons (Fsp3) is 0.727. The highest BCUT2D eigenvalue weighted by Crippen LogP contribution is 2.28. The minimum Gasteiger partial charge on any atom is -0.350 e. The summed E-state index contributed by atoms with van der Waals surface area (Å²) in [6.45, 7) is 12.9. The molecule has 1 atom stereocenters. The van der Waals surface area contributed by atoms with Crippen LogP contribution in [0.25, 0.3) is 0 Å². The minimum absolute atomic E-state index is 0.0240. The average Bonchev–Trinajstić information content (AvgIpc) is 2.01. The van der Waals surface area contributed by atoms with E-state index >= 15 is 0 Å². The van der Waals surface area contributed by atoms with Crippen LogP contribution in [0.2, 0.25) is 0 Å². The summed E-state index contributed by atoms with van der Waals surface area (Å²) < 4.78 is 0. The van der Waals surface area contributed by atoms with Gasteiger partial charge in [-0.15, -0.1) is 6.58 Å². The van der Waals surface area contributed by atoms with E-state index < -0.39 is 11.0 Å². The third-order valence-corrected chi connectivity index (χ3v) is 2.89. The normalized spacial score (nSPS) is 14.7. The molecule has 0 aliphatic heterocycles. The van der Waals surface area contributed by atoms with E-state index in [4.69, 9.17) is 5.73 Å². The lowest BCUT2D eigenvalue weighted by Crippen LogP contribution is -2.56. The van der Waals surface area contributed by atoms with Crippen LogP contribution in [0.15, 0.2) is 12.7 Å². The molecule has 0 bridgehead atoms. The summed E-state index contributed by atoms with van der Waals surface area (Å²) in [4.78, 5) is 11.8. The Balaban J connectivity index is 4.60. The lowest BCUT2D eigenvalue weighted by atomic mass is 9.74. The zero-order chi connectivity index (χ0) is 11.6. The molecule has 82 valence electrons. The first kappa shape index (κ1) is 13.2. The van der Waals surface area contributed by atoms with E-state index in [2.05, 4.69) is 11.9 Å². The lowest BCUT2D eigenvalue weighted by Gasteiger charge is -2.37. The Labute approximate surface area is 86.8 Å². The van der Waals surface area contributed by atoms with Crippen molar-refractivity contribution in [2.24, 2.45) is 11.1 Å². The van der Waals surface area contributed by atoms with E-state index in [1.807, 2.05) is 34.6 Å². The molecule has 0 radical (unpaired) electrons. The first-order valence-corrected chi connectivity index (χ1v) is 4.85. The molecule has 14 heavy (non-hydrogen) atoms. The summed E-state index contributed by atoms with van der Waals surface area (Å²) in [7, 11) is 0. The van der Waals surface area contributed by atoms with Crippen molar-refractivity contribution in [3.05, 3.63) is 12.7 Å². The van der Waals surface area contributed by atoms with Gasteiger partial charge in [-0.3, -0.25) is 4.79 Å². The van der Waals surface area contributed by atoms with Crippen LogP contribution in [0.3, 0.4) is 0 Å². The SMILES string of the molecule is C=CC(C)NC(=O)C(C)(C)C(C)(C)N. The van der Waals surface area contributed by atoms with Crippen molar-refractivity contribution in [1.29, 1.82) is 0 Å². The Morgan fingerprint density at radius 3 is 2.14 bits per heavy atom. The predicted octanol–water partition coefficient (Wildman–Crippen LogP) is 1.44. The Hall–Kier alpha value is -0.830. The molecule has 0 saturated carbocycles. The largest absolute Gasteiger partial charge is 0.350 e. The van der Waals surface area contributed by atoms with Crippen molar-refractivity contribution < 1.29 is 4.79 Å². The number of rotatable bonds is 4. The second-order valence-electron chi connectivity index (χ2n) is 4.84. The first-order chi connectivity index (χ1) is 6.13. The fourth-order valence-electron chi connectivity index (χ4n) is 0.739. The third-order valence-electron chi connectivity index (χ3n) is 2.89. The van der Waals surface area contributed by atoms with Gasteiger partial charge in [0.2, 0.25) is 5.91 Å². The molecular weight excluding hydrogens is 176 g/mol. The van der Waals surface area contributed by atoms with Gasteiger partial charge in [0.25, 0.3) is 0 Å². The first-order valence-electron chi connectivity index (χ1n) is 4.85. The van der Waals surface area contributed by atoms with Gasteiger partial charge in [0.05, 0.1) is 5.41 Å². The van der Waals surface area contributed by atoms with E-state index in [1.54, 1.807) is 6.08 Å². The van der Waals surface area contributed by atoms with Crippen molar-refractivity contribution in [1.82, 2.24) is 5.32 Å². The van der Waals surface area contributed by atoms with Crippen LogP contribution >= 0.6 is 0 Å². The highest BCUT2D eigenvalue weighted by atomic mass is 16.2. The molecule has 3 heteroatoms. The van der Waals surface area contributed by atoms with Gasteiger partial charge in [0.1, 0.15) is 0 Å². The zero-order valence-corrected chi connectivity index (χ0v) is 9.85. The molecule has 0 aliphatic carbocycles. The van der Waals surface area contributed by atoms with Crippen molar-refractivity contribution in [3.63, 3.8) is 0 Å². The summed E-state index contributed by atoms with van der Waals surface area (Å²) in [6.07, 6.45) is 1.69. The molecule has 1 unspecified atom stereocenters. The number of nitrogens with two attached hydrogens (primary N) is 1. The van der Waals surface area contributed by atoms with E-state index in [0.717, 1.165) is 0 Å². The van der Waals surface area contributed by atoms with Gasteiger partial charge in [-0.1, -0.05) is 6.08 Å². The maximum absolute atomic E-state index is 11.8. The highest BCUT2D eigenvalue weighted by molar-refractivity contribution is 5.83. The maximum atomic E-state index is 11.8. The van der Waals surface area contributed by atoms with E-state index in [-0.39, 0.29) is 11.9 Å². The standard InChI is InChI=1S/C11H22N2O/c1-7-8(2)13-9(14)10(3,4)11(5,6)12/h7-8H,1,12H2,2-6H3,(H,13,14). The predicted molar refractivity (Wildman–Crippen MR) is 59.8 cm³/mol. The molecule has 3 N–H and O–H groups in total. The average molecular weight is 198 g/mol. The fourth-order valence-corrected chi connectivity index (χ4v) is 0.739. The Morgan fingerprint density at radius 1 is 1.43 bits per heavy atom. The zero-order valence-electron chi connectivity index (χ0n) is 9.85. The van der Waals surface area contributed by atoms with E-state index in [0.29, 0.717) is 0 Å². The maximum Gasteiger partial charge on any atom is 0.227 e. The molecule has 0 saturated heterocycles. The number of carbonyl (C=O) groups is 1. The van der Waals surface area contributed by atoms with Crippen molar-refractivity contribution in [3.8, 4) is 0 Å². The summed E-state index contributed by atoms with van der Waals surface area (Å²) in [5.41, 5.74) is 4.81. The van der Waals surface area contributed by atoms with Gasteiger partial charge < -0.3 is 11.1 Å². The summed E-state index contributed by atoms with van der Waals surface area (Å²) in [5.74, 6) is -0.0441. The Bertz CT molecular complexity index is 226. The third kappa shape index (κ3) is 2.84. The number of hydrogen-bond donors (Lipinski definition) is 2. The monoisotopic (exact) mass is 198 g/mol. The molecule has 0 aromatic rings. The second-order valence-corrected chi connectivity index (χ2v) is 4.84. The van der Waals surface area contributed by atoms with Gasteiger partial charge in [-0.2, -0.15) is 0 Å². The summed E-state index contributed by atoms with van der Waals surface area (Å²) in [6, 6.07) is -0.0240. The molecule has 0 aromatic heterocycles. The van der Waals surface area contributed by atoms with Crippen LogP contribution in [0.4, 0.5) is 0 Å². The van der Waals surface area contributed by atoms with Gasteiger partial charge in [-0.05, 0) is 34.6 Å².